The predicted molar refractivity (Wildman–Crippen MR) is 65.2 cm³/mol. The maximum Gasteiger partial charge on any atom is 0.0594 e. The fourth-order valence-electron chi connectivity index (χ4n) is 2.39. The predicted octanol–water partition coefficient (Wildman–Crippen LogP) is 3.07. The van der Waals surface area contributed by atoms with Crippen molar-refractivity contribution < 1.29 is 4.74 Å². The Morgan fingerprint density at radius 1 is 1.00 bits per heavy atom. The van der Waals surface area contributed by atoms with Gasteiger partial charge in [-0.2, -0.15) is 0 Å². The molecule has 0 amide bonds. The molecule has 0 spiro atoms. The molecule has 1 saturated heterocycles. The average Bonchev–Trinajstić information content (AvgIpc) is 2.32. The Hall–Kier alpha value is -0.0800. The zero-order valence-electron chi connectivity index (χ0n) is 10.5. The summed E-state index contributed by atoms with van der Waals surface area (Å²) in [6.07, 6.45) is 8.46. The van der Waals surface area contributed by atoms with E-state index in [4.69, 9.17) is 4.74 Å². The summed E-state index contributed by atoms with van der Waals surface area (Å²) >= 11 is 0. The van der Waals surface area contributed by atoms with Crippen molar-refractivity contribution in [1.82, 2.24) is 4.90 Å². The first-order valence-electron chi connectivity index (χ1n) is 6.70. The summed E-state index contributed by atoms with van der Waals surface area (Å²) in [7, 11) is 0. The lowest BCUT2D eigenvalue weighted by molar-refractivity contribution is 0.00858. The Morgan fingerprint density at radius 2 is 1.53 bits per heavy atom. The molecule has 0 bridgehead atoms. The number of morpholine rings is 1. The van der Waals surface area contributed by atoms with Crippen LogP contribution < -0.4 is 0 Å². The van der Waals surface area contributed by atoms with Crippen molar-refractivity contribution in [1.29, 1.82) is 0 Å². The first-order chi connectivity index (χ1) is 7.38. The van der Waals surface area contributed by atoms with Crippen molar-refractivity contribution in [3.63, 3.8) is 0 Å². The van der Waals surface area contributed by atoms with E-state index in [1.807, 2.05) is 0 Å². The van der Waals surface area contributed by atoms with Crippen molar-refractivity contribution in [2.24, 2.45) is 0 Å². The van der Waals surface area contributed by atoms with Crippen molar-refractivity contribution in [2.75, 3.05) is 26.3 Å². The number of nitrogens with zero attached hydrogens (tertiary/aromatic N) is 1. The molecule has 1 heterocycles. The molecule has 0 radical (unpaired) electrons. The van der Waals surface area contributed by atoms with Crippen LogP contribution in [0.15, 0.2) is 0 Å². The normalized spacial score (nSPS) is 24.4. The summed E-state index contributed by atoms with van der Waals surface area (Å²) < 4.78 is 5.35. The second kappa shape index (κ2) is 8.12. The quantitative estimate of drug-likeness (QED) is 0.664. The van der Waals surface area contributed by atoms with E-state index in [-0.39, 0.29) is 0 Å². The van der Waals surface area contributed by atoms with Crippen LogP contribution in [0.5, 0.6) is 0 Å². The van der Waals surface area contributed by atoms with E-state index in [1.54, 1.807) is 0 Å². The molecule has 0 aromatic heterocycles. The highest BCUT2D eigenvalue weighted by atomic mass is 16.5. The maximum absolute atomic E-state index is 5.35. The van der Waals surface area contributed by atoms with Gasteiger partial charge < -0.3 is 4.74 Å². The van der Waals surface area contributed by atoms with Crippen molar-refractivity contribution in [3.8, 4) is 0 Å². The summed E-state index contributed by atoms with van der Waals surface area (Å²) in [5.41, 5.74) is 0. The zero-order chi connectivity index (χ0) is 10.9. The Bertz CT molecular complexity index is 121. The van der Waals surface area contributed by atoms with E-state index in [2.05, 4.69) is 18.7 Å². The molecular formula is C13H27NO. The molecule has 0 unspecified atom stereocenters. The van der Waals surface area contributed by atoms with Crippen LogP contribution in [0.4, 0.5) is 0 Å². The highest BCUT2D eigenvalue weighted by Crippen LogP contribution is 2.22. The molecule has 0 atom stereocenters. The van der Waals surface area contributed by atoms with Crippen LogP contribution in [-0.4, -0.2) is 37.2 Å². The van der Waals surface area contributed by atoms with Crippen molar-refractivity contribution >= 4 is 0 Å². The van der Waals surface area contributed by atoms with Gasteiger partial charge in [0.05, 0.1) is 13.2 Å². The Morgan fingerprint density at radius 3 is 2.07 bits per heavy atom. The van der Waals surface area contributed by atoms with E-state index in [9.17, 15) is 0 Å². The van der Waals surface area contributed by atoms with E-state index >= 15 is 0 Å². The van der Waals surface area contributed by atoms with Gasteiger partial charge in [-0.05, 0) is 12.8 Å². The fraction of sp³-hybridized carbons (Fsp3) is 1.00. The standard InChI is InChI=1S/C10H19NO.C3H8/c1-2-4-10(5-3-1)11-6-8-12-9-7-11;1-3-2/h10H,1-9H2;3H2,1-2H3. The second-order valence-electron chi connectivity index (χ2n) is 4.65. The molecule has 1 saturated carbocycles. The molecule has 0 N–H and O–H groups in total. The lowest BCUT2D eigenvalue weighted by Crippen LogP contribution is -2.44. The van der Waals surface area contributed by atoms with Crippen molar-refractivity contribution in [3.05, 3.63) is 0 Å². The molecule has 90 valence electrons. The summed E-state index contributed by atoms with van der Waals surface area (Å²) in [5, 5.41) is 0. The average molecular weight is 213 g/mol. The molecule has 0 aromatic rings. The Labute approximate surface area is 95.0 Å². The molecule has 15 heavy (non-hydrogen) atoms. The highest BCUT2D eigenvalue weighted by Gasteiger charge is 2.22. The topological polar surface area (TPSA) is 12.5 Å². The monoisotopic (exact) mass is 213 g/mol. The minimum atomic E-state index is 0.891. The van der Waals surface area contributed by atoms with Gasteiger partial charge in [-0.15, -0.1) is 0 Å². The minimum Gasteiger partial charge on any atom is -0.379 e. The fourth-order valence-corrected chi connectivity index (χ4v) is 2.39. The van der Waals surface area contributed by atoms with Gasteiger partial charge in [0.2, 0.25) is 0 Å². The van der Waals surface area contributed by atoms with Gasteiger partial charge in [-0.3, -0.25) is 4.90 Å². The third-order valence-electron chi connectivity index (χ3n) is 3.14. The Kier molecular flexibility index (Phi) is 7.03. The third-order valence-corrected chi connectivity index (χ3v) is 3.14. The van der Waals surface area contributed by atoms with Crippen LogP contribution in [0.2, 0.25) is 0 Å². The van der Waals surface area contributed by atoms with Gasteiger partial charge in [-0.1, -0.05) is 39.5 Å². The van der Waals surface area contributed by atoms with Crippen LogP contribution >= 0.6 is 0 Å². The molecule has 1 aliphatic heterocycles. The van der Waals surface area contributed by atoms with Crippen LogP contribution in [0.25, 0.3) is 0 Å². The molecule has 2 heteroatoms. The summed E-state index contributed by atoms with van der Waals surface area (Å²) in [6.45, 7) is 8.50. The van der Waals surface area contributed by atoms with Gasteiger partial charge in [-0.25, -0.2) is 0 Å². The Balaban J connectivity index is 0.000000337. The van der Waals surface area contributed by atoms with Crippen LogP contribution in [-0.2, 0) is 4.74 Å². The minimum absolute atomic E-state index is 0.891. The first kappa shape index (κ1) is 13.0. The lowest BCUT2D eigenvalue weighted by Gasteiger charge is -2.36. The van der Waals surface area contributed by atoms with Crippen molar-refractivity contribution in [2.45, 2.75) is 58.4 Å². The summed E-state index contributed by atoms with van der Waals surface area (Å²) in [6, 6.07) is 0.891. The van der Waals surface area contributed by atoms with Crippen LogP contribution in [0.1, 0.15) is 52.4 Å². The van der Waals surface area contributed by atoms with Crippen LogP contribution in [0.3, 0.4) is 0 Å². The summed E-state index contributed by atoms with van der Waals surface area (Å²) in [5.74, 6) is 0. The third kappa shape index (κ3) is 4.98. The maximum atomic E-state index is 5.35. The highest BCUT2D eigenvalue weighted by molar-refractivity contribution is 4.76. The molecule has 0 aromatic carbocycles. The van der Waals surface area contributed by atoms with E-state index in [0.717, 1.165) is 19.3 Å². The second-order valence-corrected chi connectivity index (χ2v) is 4.65. The van der Waals surface area contributed by atoms with E-state index < -0.39 is 0 Å². The number of hydrogen-bond donors (Lipinski definition) is 0. The van der Waals surface area contributed by atoms with Gasteiger partial charge >= 0.3 is 0 Å². The smallest absolute Gasteiger partial charge is 0.0594 e. The van der Waals surface area contributed by atoms with Crippen LogP contribution in [0, 0.1) is 0 Å². The molecule has 1 aliphatic carbocycles. The first-order valence-corrected chi connectivity index (χ1v) is 6.70. The zero-order valence-corrected chi connectivity index (χ0v) is 10.5. The number of rotatable bonds is 1. The van der Waals surface area contributed by atoms with Gasteiger partial charge in [0.25, 0.3) is 0 Å². The molecule has 2 fully saturated rings. The number of hydrogen-bond acceptors (Lipinski definition) is 2. The molecule has 2 aliphatic rings. The largest absolute Gasteiger partial charge is 0.379 e. The molecule has 2 nitrogen and oxygen atoms in total. The van der Waals surface area contributed by atoms with E-state index in [1.165, 1.54) is 51.6 Å². The van der Waals surface area contributed by atoms with Gasteiger partial charge in [0.1, 0.15) is 0 Å². The molecule has 2 rings (SSSR count). The summed E-state index contributed by atoms with van der Waals surface area (Å²) in [4.78, 5) is 2.63. The number of ether oxygens (including phenoxy) is 1. The molecular weight excluding hydrogens is 186 g/mol. The van der Waals surface area contributed by atoms with Gasteiger partial charge in [0.15, 0.2) is 0 Å². The van der Waals surface area contributed by atoms with Gasteiger partial charge in [0, 0.05) is 19.1 Å². The SMILES string of the molecule is C1CCC(N2CCOCC2)CC1.CCC. The lowest BCUT2D eigenvalue weighted by atomic mass is 9.94. The van der Waals surface area contributed by atoms with E-state index in [0.29, 0.717) is 0 Å².